The first kappa shape index (κ1) is 15.8. The number of likely N-dealkylation sites (tertiary alicyclic amines) is 1. The Bertz CT molecular complexity index is 900. The third kappa shape index (κ3) is 1.51. The molecule has 1 saturated heterocycles. The van der Waals surface area contributed by atoms with Crippen molar-refractivity contribution in [3.8, 4) is 0 Å². The summed E-state index contributed by atoms with van der Waals surface area (Å²) >= 11 is 0. The van der Waals surface area contributed by atoms with Crippen LogP contribution >= 0.6 is 0 Å². The van der Waals surface area contributed by atoms with Crippen LogP contribution in [-0.2, 0) is 15.0 Å². The number of rotatable bonds is 2. The number of carbonyl (C=O) groups excluding carboxylic acids is 2. The smallest absolute Gasteiger partial charge is 0.234 e. The van der Waals surface area contributed by atoms with Crippen LogP contribution < -0.4 is 0 Å². The highest BCUT2D eigenvalue weighted by atomic mass is 16.3. The third-order valence-corrected chi connectivity index (χ3v) is 6.75. The zero-order valence-corrected chi connectivity index (χ0v) is 14.8. The lowest BCUT2D eigenvalue weighted by atomic mass is 9.46. The van der Waals surface area contributed by atoms with Crippen molar-refractivity contribution in [2.24, 2.45) is 11.8 Å². The molecule has 132 valence electrons. The van der Waals surface area contributed by atoms with E-state index in [0.29, 0.717) is 6.54 Å². The molecule has 0 aromatic heterocycles. The number of nitrogens with zero attached hydrogens (tertiary/aromatic N) is 1. The molecule has 2 bridgehead atoms. The Morgan fingerprint density at radius 1 is 1.00 bits per heavy atom. The second-order valence-corrected chi connectivity index (χ2v) is 7.62. The summed E-state index contributed by atoms with van der Waals surface area (Å²) in [5, 5.41) is 11.1. The predicted molar refractivity (Wildman–Crippen MR) is 96.6 cm³/mol. The molecule has 0 spiro atoms. The molecule has 1 fully saturated rings. The van der Waals surface area contributed by atoms with Crippen LogP contribution in [0.15, 0.2) is 48.5 Å². The monoisotopic (exact) mass is 347 g/mol. The van der Waals surface area contributed by atoms with Gasteiger partial charge in [0, 0.05) is 12.5 Å². The van der Waals surface area contributed by atoms with Crippen LogP contribution in [0.2, 0.25) is 0 Å². The van der Waals surface area contributed by atoms with Crippen LogP contribution in [0.25, 0.3) is 0 Å². The fourth-order valence-corrected chi connectivity index (χ4v) is 5.91. The van der Waals surface area contributed by atoms with Crippen LogP contribution in [0, 0.1) is 11.8 Å². The minimum Gasteiger partial charge on any atom is -0.392 e. The van der Waals surface area contributed by atoms with E-state index in [1.54, 1.807) is 6.92 Å². The molecule has 4 aliphatic rings. The van der Waals surface area contributed by atoms with Crippen molar-refractivity contribution in [3.63, 3.8) is 0 Å². The van der Waals surface area contributed by atoms with Crippen molar-refractivity contribution in [2.75, 3.05) is 6.54 Å². The average molecular weight is 347 g/mol. The van der Waals surface area contributed by atoms with Gasteiger partial charge in [-0.05, 0) is 36.1 Å². The molecule has 3 aliphatic carbocycles. The lowest BCUT2D eigenvalue weighted by Crippen LogP contribution is -2.58. The average Bonchev–Trinajstić information content (AvgIpc) is 2.92. The van der Waals surface area contributed by atoms with E-state index >= 15 is 0 Å². The molecule has 4 heteroatoms. The minimum absolute atomic E-state index is 0.0958. The molecular formula is C22H21NO3. The lowest BCUT2D eigenvalue weighted by Gasteiger charge is -2.55. The van der Waals surface area contributed by atoms with E-state index in [0.717, 1.165) is 22.3 Å². The number of hydrogen-bond acceptors (Lipinski definition) is 3. The topological polar surface area (TPSA) is 57.6 Å². The molecule has 2 amide bonds. The molecular weight excluding hydrogens is 326 g/mol. The van der Waals surface area contributed by atoms with Crippen molar-refractivity contribution in [3.05, 3.63) is 70.8 Å². The van der Waals surface area contributed by atoms with E-state index in [1.165, 1.54) is 4.90 Å². The SMILES string of the molecule is CCN1C(=O)C2C3c4ccccc4C(C(C)O)(c4ccccc43)C2C1=O. The number of imide groups is 1. The summed E-state index contributed by atoms with van der Waals surface area (Å²) in [5.41, 5.74) is 3.28. The molecule has 3 unspecified atom stereocenters. The number of aliphatic hydroxyl groups is 1. The summed E-state index contributed by atoms with van der Waals surface area (Å²) in [5.74, 6) is -1.33. The largest absolute Gasteiger partial charge is 0.392 e. The van der Waals surface area contributed by atoms with Gasteiger partial charge in [0.1, 0.15) is 0 Å². The molecule has 4 nitrogen and oxygen atoms in total. The van der Waals surface area contributed by atoms with Crippen molar-refractivity contribution < 1.29 is 14.7 Å². The Morgan fingerprint density at radius 3 is 2.04 bits per heavy atom. The van der Waals surface area contributed by atoms with E-state index in [-0.39, 0.29) is 17.7 Å². The maximum Gasteiger partial charge on any atom is 0.234 e. The van der Waals surface area contributed by atoms with E-state index in [2.05, 4.69) is 12.1 Å². The van der Waals surface area contributed by atoms with Gasteiger partial charge in [-0.1, -0.05) is 48.5 Å². The first-order valence-corrected chi connectivity index (χ1v) is 9.27. The summed E-state index contributed by atoms with van der Waals surface area (Å²) < 4.78 is 0. The number of aliphatic hydroxyl groups excluding tert-OH is 1. The Hall–Kier alpha value is -2.46. The first-order chi connectivity index (χ1) is 12.5. The zero-order valence-electron chi connectivity index (χ0n) is 14.8. The maximum absolute atomic E-state index is 13.3. The highest BCUT2D eigenvalue weighted by Gasteiger charge is 2.69. The van der Waals surface area contributed by atoms with Gasteiger partial charge in [0.05, 0.1) is 23.4 Å². The van der Waals surface area contributed by atoms with Gasteiger partial charge in [-0.15, -0.1) is 0 Å². The van der Waals surface area contributed by atoms with E-state index in [1.807, 2.05) is 43.3 Å². The zero-order chi connectivity index (χ0) is 18.2. The van der Waals surface area contributed by atoms with Crippen LogP contribution in [-0.4, -0.2) is 34.5 Å². The molecule has 2 aromatic rings. The van der Waals surface area contributed by atoms with Gasteiger partial charge in [-0.2, -0.15) is 0 Å². The van der Waals surface area contributed by atoms with E-state index in [4.69, 9.17) is 0 Å². The standard InChI is InChI=1S/C22H21NO3/c1-3-23-20(25)18-17-13-8-4-6-10-15(13)22(12(2)24,19(18)21(23)26)16-11-7-5-9-14(16)17/h4-12,17-19,24H,3H2,1-2H3. The van der Waals surface area contributed by atoms with Crippen molar-refractivity contribution >= 4 is 11.8 Å². The van der Waals surface area contributed by atoms with E-state index < -0.39 is 23.4 Å². The number of benzene rings is 2. The minimum atomic E-state index is -0.872. The quantitative estimate of drug-likeness (QED) is 0.849. The maximum atomic E-state index is 13.3. The molecule has 0 saturated carbocycles. The van der Waals surface area contributed by atoms with E-state index in [9.17, 15) is 14.7 Å². The van der Waals surface area contributed by atoms with Gasteiger partial charge in [-0.3, -0.25) is 14.5 Å². The summed E-state index contributed by atoms with van der Waals surface area (Å²) in [6.07, 6.45) is -0.785. The second-order valence-electron chi connectivity index (χ2n) is 7.62. The highest BCUT2D eigenvalue weighted by Crippen LogP contribution is 2.65. The third-order valence-electron chi connectivity index (χ3n) is 6.75. The molecule has 1 heterocycles. The van der Waals surface area contributed by atoms with Crippen LogP contribution in [0.1, 0.15) is 42.0 Å². The number of amides is 2. The van der Waals surface area contributed by atoms with Gasteiger partial charge in [-0.25, -0.2) is 0 Å². The van der Waals surface area contributed by atoms with Gasteiger partial charge in [0.25, 0.3) is 0 Å². The normalized spacial score (nSPS) is 32.3. The Morgan fingerprint density at radius 2 is 1.54 bits per heavy atom. The van der Waals surface area contributed by atoms with Gasteiger partial charge < -0.3 is 5.11 Å². The van der Waals surface area contributed by atoms with Crippen molar-refractivity contribution in [1.29, 1.82) is 0 Å². The summed E-state index contributed by atoms with van der Waals surface area (Å²) in [6.45, 7) is 3.97. The summed E-state index contributed by atoms with van der Waals surface area (Å²) in [6, 6.07) is 16.0. The van der Waals surface area contributed by atoms with Crippen LogP contribution in [0.4, 0.5) is 0 Å². The van der Waals surface area contributed by atoms with Crippen LogP contribution in [0.3, 0.4) is 0 Å². The molecule has 6 rings (SSSR count). The van der Waals surface area contributed by atoms with Crippen molar-refractivity contribution in [1.82, 2.24) is 4.90 Å². The Kier molecular flexibility index (Phi) is 3.06. The van der Waals surface area contributed by atoms with Crippen molar-refractivity contribution in [2.45, 2.75) is 31.3 Å². The first-order valence-electron chi connectivity index (χ1n) is 9.27. The molecule has 2 aromatic carbocycles. The lowest BCUT2D eigenvalue weighted by molar-refractivity contribution is -0.140. The number of hydrogen-bond donors (Lipinski definition) is 1. The van der Waals surface area contributed by atoms with Crippen LogP contribution in [0.5, 0.6) is 0 Å². The second kappa shape index (κ2) is 5.04. The molecule has 26 heavy (non-hydrogen) atoms. The molecule has 1 N–H and O–H groups in total. The molecule has 1 aliphatic heterocycles. The molecule has 3 atom stereocenters. The fraction of sp³-hybridized carbons (Fsp3) is 0.364. The highest BCUT2D eigenvalue weighted by molar-refractivity contribution is 6.08. The van der Waals surface area contributed by atoms with Gasteiger partial charge >= 0.3 is 0 Å². The number of carbonyl (C=O) groups is 2. The summed E-state index contributed by atoms with van der Waals surface area (Å²) in [4.78, 5) is 27.9. The fourth-order valence-electron chi connectivity index (χ4n) is 5.91. The Balaban J connectivity index is 1.93. The van der Waals surface area contributed by atoms with Gasteiger partial charge in [0.15, 0.2) is 0 Å². The summed E-state index contributed by atoms with van der Waals surface area (Å²) in [7, 11) is 0. The Labute approximate surface area is 152 Å². The predicted octanol–water partition coefficient (Wildman–Crippen LogP) is 2.43. The molecule has 0 radical (unpaired) electrons. The van der Waals surface area contributed by atoms with Gasteiger partial charge in [0.2, 0.25) is 11.8 Å².